The van der Waals surface area contributed by atoms with Crippen LogP contribution in [0.4, 0.5) is 0 Å². The normalized spacial score (nSPS) is 40.2. The van der Waals surface area contributed by atoms with Crippen molar-refractivity contribution in [3.8, 4) is 0 Å². The summed E-state index contributed by atoms with van der Waals surface area (Å²) in [6, 6.07) is 0. The Bertz CT molecular complexity index is 284. The highest BCUT2D eigenvalue weighted by Gasteiger charge is 2.36. The van der Waals surface area contributed by atoms with E-state index in [4.69, 9.17) is 0 Å². The Morgan fingerprint density at radius 3 is 2.44 bits per heavy atom. The highest BCUT2D eigenvalue weighted by atomic mass is 16.3. The number of allylic oxidation sites excluding steroid dienone is 1. The van der Waals surface area contributed by atoms with Crippen molar-refractivity contribution in [3.05, 3.63) is 11.6 Å². The molecule has 2 aliphatic rings. The summed E-state index contributed by atoms with van der Waals surface area (Å²) in [5.41, 5.74) is 1.10. The lowest BCUT2D eigenvalue weighted by atomic mass is 9.85. The van der Waals surface area contributed by atoms with Gasteiger partial charge in [0, 0.05) is 5.92 Å². The van der Waals surface area contributed by atoms with Crippen LogP contribution >= 0.6 is 0 Å². The summed E-state index contributed by atoms with van der Waals surface area (Å²) in [6.45, 7) is 8.66. The maximum absolute atomic E-state index is 10.2. The fraction of sp³-hybridized carbons (Fsp3) is 0.867. The van der Waals surface area contributed by atoms with Crippen LogP contribution in [0.3, 0.4) is 0 Å². The molecule has 0 spiro atoms. The van der Waals surface area contributed by atoms with E-state index in [9.17, 15) is 5.11 Å². The number of fused-ring (bicyclic) bond motifs is 1. The Hall–Kier alpha value is -0.300. The van der Waals surface area contributed by atoms with Gasteiger partial charge >= 0.3 is 0 Å². The van der Waals surface area contributed by atoms with Crippen molar-refractivity contribution in [2.24, 2.45) is 23.7 Å². The minimum atomic E-state index is -0.552. The summed E-state index contributed by atoms with van der Waals surface area (Å²) in [5, 5.41) is 10.2. The Morgan fingerprint density at radius 1 is 1.12 bits per heavy atom. The molecule has 0 radical (unpaired) electrons. The molecule has 92 valence electrons. The Balaban J connectivity index is 2.28. The van der Waals surface area contributed by atoms with Gasteiger partial charge in [-0.25, -0.2) is 0 Å². The molecule has 1 N–H and O–H groups in total. The predicted molar refractivity (Wildman–Crippen MR) is 68.2 cm³/mol. The zero-order valence-electron chi connectivity index (χ0n) is 11.2. The molecule has 16 heavy (non-hydrogen) atoms. The molecule has 1 heteroatoms. The zero-order valence-corrected chi connectivity index (χ0v) is 11.2. The second kappa shape index (κ2) is 4.18. The topological polar surface area (TPSA) is 20.2 Å². The summed E-state index contributed by atoms with van der Waals surface area (Å²) in [5.74, 6) is 2.72. The van der Waals surface area contributed by atoms with Gasteiger partial charge in [0.2, 0.25) is 0 Å². The van der Waals surface area contributed by atoms with Gasteiger partial charge in [-0.1, -0.05) is 25.5 Å². The molecule has 0 aromatic carbocycles. The van der Waals surface area contributed by atoms with Crippen LogP contribution in [0.5, 0.6) is 0 Å². The molecule has 0 aromatic rings. The van der Waals surface area contributed by atoms with Gasteiger partial charge in [-0.2, -0.15) is 0 Å². The Kier molecular flexibility index (Phi) is 3.18. The van der Waals surface area contributed by atoms with Gasteiger partial charge < -0.3 is 5.11 Å². The molecule has 0 aliphatic heterocycles. The second-order valence-electron chi connectivity index (χ2n) is 6.57. The average molecular weight is 222 g/mol. The third-order valence-electron chi connectivity index (χ3n) is 4.83. The fourth-order valence-electron chi connectivity index (χ4n) is 3.55. The lowest BCUT2D eigenvalue weighted by Crippen LogP contribution is -2.29. The molecule has 0 unspecified atom stereocenters. The van der Waals surface area contributed by atoms with Crippen molar-refractivity contribution in [2.45, 2.75) is 59.0 Å². The molecule has 1 fully saturated rings. The first kappa shape index (κ1) is 12.2. The maximum atomic E-state index is 10.2. The largest absolute Gasteiger partial charge is 0.390 e. The smallest absolute Gasteiger partial charge is 0.0654 e. The minimum absolute atomic E-state index is 0.357. The van der Waals surface area contributed by atoms with Crippen LogP contribution in [0.1, 0.15) is 53.4 Å². The van der Waals surface area contributed by atoms with Gasteiger partial charge in [0.05, 0.1) is 5.60 Å². The summed E-state index contributed by atoms with van der Waals surface area (Å²) >= 11 is 0. The summed E-state index contributed by atoms with van der Waals surface area (Å²) in [7, 11) is 0. The van der Waals surface area contributed by atoms with Gasteiger partial charge in [0.15, 0.2) is 0 Å². The van der Waals surface area contributed by atoms with E-state index in [1.54, 1.807) is 5.57 Å². The fourth-order valence-corrected chi connectivity index (χ4v) is 3.55. The van der Waals surface area contributed by atoms with Crippen molar-refractivity contribution >= 4 is 0 Å². The molecular formula is C15H26O. The maximum Gasteiger partial charge on any atom is 0.0654 e. The molecule has 4 atom stereocenters. The van der Waals surface area contributed by atoms with E-state index >= 15 is 0 Å². The molecule has 2 rings (SSSR count). The summed E-state index contributed by atoms with van der Waals surface area (Å²) in [4.78, 5) is 0. The molecular weight excluding hydrogens is 196 g/mol. The van der Waals surface area contributed by atoms with Crippen LogP contribution in [-0.4, -0.2) is 10.7 Å². The quantitative estimate of drug-likeness (QED) is 0.669. The SMILES string of the molecule is C[C@H]1CC[C@@H]2C1=C[C@@H](C(C)(C)O)CC[C@@H]2C. The van der Waals surface area contributed by atoms with E-state index in [2.05, 4.69) is 19.9 Å². The van der Waals surface area contributed by atoms with Crippen LogP contribution in [0.25, 0.3) is 0 Å². The monoisotopic (exact) mass is 222 g/mol. The highest BCUT2D eigenvalue weighted by Crippen LogP contribution is 2.46. The van der Waals surface area contributed by atoms with Crippen LogP contribution in [0.2, 0.25) is 0 Å². The van der Waals surface area contributed by atoms with E-state index in [1.165, 1.54) is 19.3 Å². The van der Waals surface area contributed by atoms with Crippen LogP contribution in [0, 0.1) is 23.7 Å². The van der Waals surface area contributed by atoms with Crippen LogP contribution in [-0.2, 0) is 0 Å². The van der Waals surface area contributed by atoms with Crippen molar-refractivity contribution < 1.29 is 5.11 Å². The van der Waals surface area contributed by atoms with E-state index in [-0.39, 0.29) is 0 Å². The Labute approximate surface area is 99.9 Å². The van der Waals surface area contributed by atoms with Gasteiger partial charge in [0.25, 0.3) is 0 Å². The van der Waals surface area contributed by atoms with Gasteiger partial charge in [-0.3, -0.25) is 0 Å². The minimum Gasteiger partial charge on any atom is -0.390 e. The van der Waals surface area contributed by atoms with E-state index in [0.717, 1.165) is 24.2 Å². The zero-order chi connectivity index (χ0) is 11.9. The van der Waals surface area contributed by atoms with Crippen molar-refractivity contribution in [2.75, 3.05) is 0 Å². The van der Waals surface area contributed by atoms with E-state index in [0.29, 0.717) is 5.92 Å². The summed E-state index contributed by atoms with van der Waals surface area (Å²) < 4.78 is 0. The van der Waals surface area contributed by atoms with Gasteiger partial charge in [-0.15, -0.1) is 0 Å². The van der Waals surface area contributed by atoms with Crippen LogP contribution in [0.15, 0.2) is 11.6 Å². The molecule has 1 saturated carbocycles. The first-order valence-corrected chi connectivity index (χ1v) is 6.83. The van der Waals surface area contributed by atoms with E-state index < -0.39 is 5.60 Å². The highest BCUT2D eigenvalue weighted by molar-refractivity contribution is 5.20. The molecule has 2 aliphatic carbocycles. The predicted octanol–water partition coefficient (Wildman–Crippen LogP) is 3.78. The van der Waals surface area contributed by atoms with Gasteiger partial charge in [0.1, 0.15) is 0 Å². The lowest BCUT2D eigenvalue weighted by Gasteiger charge is -2.27. The third-order valence-corrected chi connectivity index (χ3v) is 4.83. The first-order chi connectivity index (χ1) is 7.39. The standard InChI is InChI=1S/C15H26O/c1-10-5-7-12(15(3,4)16)9-14-11(2)6-8-13(10)14/h9-13,16H,5-8H2,1-4H3/t10-,11-,12-,13-/m0/s1. The summed E-state index contributed by atoms with van der Waals surface area (Å²) in [6.07, 6.45) is 7.56. The Morgan fingerprint density at radius 2 is 1.81 bits per heavy atom. The number of rotatable bonds is 1. The van der Waals surface area contributed by atoms with E-state index in [1.807, 2.05) is 13.8 Å². The third kappa shape index (κ3) is 2.20. The van der Waals surface area contributed by atoms with Gasteiger partial charge in [-0.05, 0) is 57.3 Å². The second-order valence-corrected chi connectivity index (χ2v) is 6.57. The van der Waals surface area contributed by atoms with Crippen LogP contribution < -0.4 is 0 Å². The molecule has 0 aromatic heterocycles. The molecule has 0 heterocycles. The first-order valence-electron chi connectivity index (χ1n) is 6.83. The molecule has 0 amide bonds. The number of hydrogen-bond donors (Lipinski definition) is 1. The molecule has 1 nitrogen and oxygen atoms in total. The van der Waals surface area contributed by atoms with Crippen molar-refractivity contribution in [1.29, 1.82) is 0 Å². The van der Waals surface area contributed by atoms with Crippen molar-refractivity contribution in [1.82, 2.24) is 0 Å². The number of aliphatic hydroxyl groups is 1. The molecule has 0 bridgehead atoms. The van der Waals surface area contributed by atoms with Crippen molar-refractivity contribution in [3.63, 3.8) is 0 Å². The average Bonchev–Trinajstić information content (AvgIpc) is 2.42. The number of hydrogen-bond acceptors (Lipinski definition) is 1. The lowest BCUT2D eigenvalue weighted by molar-refractivity contribution is 0.0321. The molecule has 0 saturated heterocycles.